The fraction of sp³-hybridized carbons (Fsp3) is 0.176. The van der Waals surface area contributed by atoms with E-state index in [4.69, 9.17) is 0 Å². The molecule has 0 aliphatic carbocycles. The predicted molar refractivity (Wildman–Crippen MR) is 84.2 cm³/mol. The standard InChI is InChI=1S/C17H17N3O/c21-17-16-4-2-1-3-15(16)7-11-20(17)12-10-19-13-14-5-8-18-9-6-14/h1-9,11,19H,10,12-13H2. The van der Waals surface area contributed by atoms with Gasteiger partial charge in [-0.3, -0.25) is 9.78 Å². The Labute approximate surface area is 123 Å². The molecule has 1 aromatic carbocycles. The molecule has 0 fully saturated rings. The summed E-state index contributed by atoms with van der Waals surface area (Å²) in [6, 6.07) is 13.6. The van der Waals surface area contributed by atoms with Gasteiger partial charge in [-0.25, -0.2) is 0 Å². The number of benzene rings is 1. The summed E-state index contributed by atoms with van der Waals surface area (Å²) >= 11 is 0. The van der Waals surface area contributed by atoms with Gasteiger partial charge in [0.15, 0.2) is 0 Å². The van der Waals surface area contributed by atoms with Gasteiger partial charge >= 0.3 is 0 Å². The molecule has 0 radical (unpaired) electrons. The normalized spacial score (nSPS) is 10.9. The van der Waals surface area contributed by atoms with Crippen LogP contribution in [0.5, 0.6) is 0 Å². The zero-order chi connectivity index (χ0) is 14.5. The Morgan fingerprint density at radius 1 is 1.05 bits per heavy atom. The molecule has 2 aromatic heterocycles. The van der Waals surface area contributed by atoms with Crippen molar-refractivity contribution >= 4 is 10.8 Å². The average molecular weight is 279 g/mol. The van der Waals surface area contributed by atoms with E-state index in [-0.39, 0.29) is 5.56 Å². The van der Waals surface area contributed by atoms with Crippen LogP contribution in [-0.4, -0.2) is 16.1 Å². The van der Waals surface area contributed by atoms with E-state index in [2.05, 4.69) is 10.3 Å². The highest BCUT2D eigenvalue weighted by Gasteiger charge is 2.01. The number of aromatic nitrogens is 2. The second-order valence-corrected chi connectivity index (χ2v) is 4.93. The van der Waals surface area contributed by atoms with Gasteiger partial charge in [-0.15, -0.1) is 0 Å². The average Bonchev–Trinajstić information content (AvgIpc) is 2.55. The van der Waals surface area contributed by atoms with E-state index in [0.29, 0.717) is 6.54 Å². The highest BCUT2D eigenvalue weighted by Crippen LogP contribution is 2.07. The summed E-state index contributed by atoms with van der Waals surface area (Å²) in [5, 5.41) is 5.10. The summed E-state index contributed by atoms with van der Waals surface area (Å²) in [5.74, 6) is 0. The molecule has 0 aliphatic heterocycles. The number of hydrogen-bond acceptors (Lipinski definition) is 3. The molecule has 0 aliphatic rings. The summed E-state index contributed by atoms with van der Waals surface area (Å²) < 4.78 is 1.75. The number of nitrogens with zero attached hydrogens (tertiary/aromatic N) is 2. The molecule has 0 spiro atoms. The van der Waals surface area contributed by atoms with Crippen LogP contribution in [0.25, 0.3) is 10.8 Å². The smallest absolute Gasteiger partial charge is 0.258 e. The molecule has 0 amide bonds. The van der Waals surface area contributed by atoms with Gasteiger partial charge in [0.25, 0.3) is 5.56 Å². The van der Waals surface area contributed by atoms with Crippen molar-refractivity contribution in [1.82, 2.24) is 14.9 Å². The molecule has 0 bridgehead atoms. The van der Waals surface area contributed by atoms with Gasteiger partial charge in [0, 0.05) is 43.6 Å². The molecule has 3 rings (SSSR count). The third-order valence-electron chi connectivity index (χ3n) is 3.49. The van der Waals surface area contributed by atoms with Crippen molar-refractivity contribution in [1.29, 1.82) is 0 Å². The van der Waals surface area contributed by atoms with E-state index < -0.39 is 0 Å². The van der Waals surface area contributed by atoms with Crippen LogP contribution in [0.15, 0.2) is 65.8 Å². The number of fused-ring (bicyclic) bond motifs is 1. The van der Waals surface area contributed by atoms with Gasteiger partial charge in [0.2, 0.25) is 0 Å². The van der Waals surface area contributed by atoms with Crippen molar-refractivity contribution < 1.29 is 0 Å². The Kier molecular flexibility index (Phi) is 4.07. The fourth-order valence-corrected chi connectivity index (χ4v) is 2.34. The minimum atomic E-state index is 0.0683. The molecular formula is C17H17N3O. The lowest BCUT2D eigenvalue weighted by Crippen LogP contribution is -2.26. The van der Waals surface area contributed by atoms with Crippen LogP contribution in [0.3, 0.4) is 0 Å². The summed E-state index contributed by atoms with van der Waals surface area (Å²) in [5.41, 5.74) is 1.26. The first kappa shape index (κ1) is 13.5. The van der Waals surface area contributed by atoms with Gasteiger partial charge in [-0.2, -0.15) is 0 Å². The Hall–Kier alpha value is -2.46. The van der Waals surface area contributed by atoms with Gasteiger partial charge in [-0.1, -0.05) is 18.2 Å². The van der Waals surface area contributed by atoms with Crippen molar-refractivity contribution in [2.45, 2.75) is 13.1 Å². The molecule has 2 heterocycles. The monoisotopic (exact) mass is 279 g/mol. The van der Waals surface area contributed by atoms with Crippen LogP contribution in [0, 0.1) is 0 Å². The van der Waals surface area contributed by atoms with E-state index in [1.807, 2.05) is 48.7 Å². The molecule has 0 atom stereocenters. The number of nitrogens with one attached hydrogen (secondary N) is 1. The molecule has 1 N–H and O–H groups in total. The van der Waals surface area contributed by atoms with E-state index in [1.165, 1.54) is 5.56 Å². The summed E-state index contributed by atoms with van der Waals surface area (Å²) in [7, 11) is 0. The summed E-state index contributed by atoms with van der Waals surface area (Å²) in [6.07, 6.45) is 5.43. The van der Waals surface area contributed by atoms with Gasteiger partial charge in [0.05, 0.1) is 0 Å². The van der Waals surface area contributed by atoms with Crippen LogP contribution in [0.1, 0.15) is 5.56 Å². The molecule has 106 valence electrons. The van der Waals surface area contributed by atoms with E-state index in [9.17, 15) is 4.79 Å². The molecular weight excluding hydrogens is 262 g/mol. The number of hydrogen-bond donors (Lipinski definition) is 1. The first-order chi connectivity index (χ1) is 10.3. The SMILES string of the molecule is O=c1c2ccccc2ccn1CCNCc1ccncc1. The van der Waals surface area contributed by atoms with Gasteiger partial charge < -0.3 is 9.88 Å². The van der Waals surface area contributed by atoms with Crippen molar-refractivity contribution in [2.24, 2.45) is 0 Å². The van der Waals surface area contributed by atoms with Crippen LogP contribution in [0.4, 0.5) is 0 Å². The third kappa shape index (κ3) is 3.17. The molecule has 3 aromatic rings. The second-order valence-electron chi connectivity index (χ2n) is 4.93. The lowest BCUT2D eigenvalue weighted by atomic mass is 10.2. The maximum atomic E-state index is 12.3. The van der Waals surface area contributed by atoms with Crippen molar-refractivity contribution in [2.75, 3.05) is 6.54 Å². The minimum absolute atomic E-state index is 0.0683. The Morgan fingerprint density at radius 3 is 2.71 bits per heavy atom. The predicted octanol–water partition coefficient (Wildman–Crippen LogP) is 2.19. The number of rotatable bonds is 5. The van der Waals surface area contributed by atoms with Crippen LogP contribution < -0.4 is 10.9 Å². The maximum absolute atomic E-state index is 12.3. The molecule has 21 heavy (non-hydrogen) atoms. The number of pyridine rings is 2. The fourth-order valence-electron chi connectivity index (χ4n) is 2.34. The lowest BCUT2D eigenvalue weighted by molar-refractivity contribution is 0.587. The highest BCUT2D eigenvalue weighted by atomic mass is 16.1. The minimum Gasteiger partial charge on any atom is -0.314 e. The lowest BCUT2D eigenvalue weighted by Gasteiger charge is -2.08. The molecule has 4 heteroatoms. The molecule has 0 saturated carbocycles. The largest absolute Gasteiger partial charge is 0.314 e. The Balaban J connectivity index is 1.63. The first-order valence-corrected chi connectivity index (χ1v) is 7.02. The second kappa shape index (κ2) is 6.33. The van der Waals surface area contributed by atoms with E-state index in [1.54, 1.807) is 17.0 Å². The summed E-state index contributed by atoms with van der Waals surface area (Å²) in [4.78, 5) is 16.3. The van der Waals surface area contributed by atoms with E-state index in [0.717, 1.165) is 23.9 Å². The molecule has 4 nitrogen and oxygen atoms in total. The van der Waals surface area contributed by atoms with Crippen molar-refractivity contribution in [3.05, 3.63) is 77.0 Å². The highest BCUT2D eigenvalue weighted by molar-refractivity contribution is 5.81. The van der Waals surface area contributed by atoms with Gasteiger partial charge in [0.1, 0.15) is 0 Å². The Morgan fingerprint density at radius 2 is 1.86 bits per heavy atom. The topological polar surface area (TPSA) is 46.9 Å². The molecule has 0 saturated heterocycles. The van der Waals surface area contributed by atoms with Crippen LogP contribution in [0.2, 0.25) is 0 Å². The van der Waals surface area contributed by atoms with E-state index >= 15 is 0 Å². The van der Waals surface area contributed by atoms with Gasteiger partial charge in [-0.05, 0) is 35.2 Å². The zero-order valence-corrected chi connectivity index (χ0v) is 11.7. The first-order valence-electron chi connectivity index (χ1n) is 7.02. The Bertz CT molecular complexity index is 781. The zero-order valence-electron chi connectivity index (χ0n) is 11.7. The quantitative estimate of drug-likeness (QED) is 0.728. The maximum Gasteiger partial charge on any atom is 0.258 e. The van der Waals surface area contributed by atoms with Crippen LogP contribution in [-0.2, 0) is 13.1 Å². The summed E-state index contributed by atoms with van der Waals surface area (Å²) in [6.45, 7) is 2.19. The van der Waals surface area contributed by atoms with Crippen LogP contribution >= 0.6 is 0 Å². The van der Waals surface area contributed by atoms with Crippen molar-refractivity contribution in [3.63, 3.8) is 0 Å². The molecule has 0 unspecified atom stereocenters. The third-order valence-corrected chi connectivity index (χ3v) is 3.49. The van der Waals surface area contributed by atoms with Crippen molar-refractivity contribution in [3.8, 4) is 0 Å².